The molecule has 0 bridgehead atoms. The fourth-order valence-electron chi connectivity index (χ4n) is 2.95. The zero-order chi connectivity index (χ0) is 17.1. The molecule has 1 aliphatic heterocycles. The topological polar surface area (TPSA) is 80.1 Å². The summed E-state index contributed by atoms with van der Waals surface area (Å²) in [6, 6.07) is 7.59. The molecule has 0 aliphatic carbocycles. The first-order valence-electron chi connectivity index (χ1n) is 8.13. The maximum Gasteiger partial charge on any atom is 0.276 e. The van der Waals surface area contributed by atoms with Gasteiger partial charge in [-0.3, -0.25) is 9.59 Å². The highest BCUT2D eigenvalue weighted by Crippen LogP contribution is 2.13. The zero-order valence-electron chi connectivity index (χ0n) is 13.9. The van der Waals surface area contributed by atoms with Crippen LogP contribution in [0.5, 0.6) is 0 Å². The Morgan fingerprint density at radius 2 is 2.17 bits per heavy atom. The minimum absolute atomic E-state index is 0.107. The van der Waals surface area contributed by atoms with Gasteiger partial charge in [0.2, 0.25) is 5.91 Å². The van der Waals surface area contributed by atoms with Gasteiger partial charge in [-0.05, 0) is 24.5 Å². The molecule has 7 nitrogen and oxygen atoms in total. The Hall–Kier alpha value is -2.70. The van der Waals surface area contributed by atoms with Crippen LogP contribution in [0.3, 0.4) is 0 Å². The van der Waals surface area contributed by atoms with Gasteiger partial charge in [-0.2, -0.15) is 0 Å². The standard InChI is InChI=1S/C17H21N5O2/c1-3-15-16(23)18-8-9-22(15)17(24)14-11-21(20-19-14)10-13-7-5-4-6-12(13)2/h4-7,11,15H,3,8-10H2,1-2H3,(H,18,23)/t15-/m1/s1. The summed E-state index contributed by atoms with van der Waals surface area (Å²) < 4.78 is 1.65. The summed E-state index contributed by atoms with van der Waals surface area (Å²) in [7, 11) is 0. The van der Waals surface area contributed by atoms with Crippen molar-refractivity contribution < 1.29 is 9.59 Å². The number of hydrogen-bond acceptors (Lipinski definition) is 4. The van der Waals surface area contributed by atoms with E-state index < -0.39 is 6.04 Å². The molecule has 0 spiro atoms. The summed E-state index contributed by atoms with van der Waals surface area (Å²) in [6.07, 6.45) is 2.23. The molecule has 2 heterocycles. The lowest BCUT2D eigenvalue weighted by Gasteiger charge is -2.33. The van der Waals surface area contributed by atoms with Crippen LogP contribution in [0.1, 0.15) is 35.0 Å². The van der Waals surface area contributed by atoms with Crippen molar-refractivity contribution in [1.82, 2.24) is 25.2 Å². The molecular weight excluding hydrogens is 306 g/mol. The summed E-state index contributed by atoms with van der Waals surface area (Å²) in [4.78, 5) is 26.2. The minimum atomic E-state index is -0.437. The monoisotopic (exact) mass is 327 g/mol. The second kappa shape index (κ2) is 6.82. The number of nitrogens with zero attached hydrogens (tertiary/aromatic N) is 4. The van der Waals surface area contributed by atoms with E-state index >= 15 is 0 Å². The third-order valence-corrected chi connectivity index (χ3v) is 4.33. The van der Waals surface area contributed by atoms with E-state index in [1.807, 2.05) is 38.1 Å². The Morgan fingerprint density at radius 1 is 1.38 bits per heavy atom. The Kier molecular flexibility index (Phi) is 4.59. The molecule has 1 fully saturated rings. The van der Waals surface area contributed by atoms with Crippen LogP contribution >= 0.6 is 0 Å². The fourth-order valence-corrected chi connectivity index (χ4v) is 2.95. The van der Waals surface area contributed by atoms with Crippen molar-refractivity contribution >= 4 is 11.8 Å². The quantitative estimate of drug-likeness (QED) is 0.908. The minimum Gasteiger partial charge on any atom is -0.353 e. The number of carbonyl (C=O) groups excluding carboxylic acids is 2. The third kappa shape index (κ3) is 3.15. The number of carbonyl (C=O) groups is 2. The SMILES string of the molecule is CC[C@@H]1C(=O)NCCN1C(=O)c1cn(Cc2ccccc2C)nn1. The van der Waals surface area contributed by atoms with Gasteiger partial charge in [0, 0.05) is 13.1 Å². The van der Waals surface area contributed by atoms with Crippen molar-refractivity contribution in [3.63, 3.8) is 0 Å². The van der Waals surface area contributed by atoms with E-state index in [1.54, 1.807) is 15.8 Å². The molecule has 2 amide bonds. The molecule has 3 rings (SSSR count). The number of aromatic nitrogens is 3. The number of aryl methyl sites for hydroxylation is 1. The van der Waals surface area contributed by atoms with E-state index in [1.165, 1.54) is 5.56 Å². The summed E-state index contributed by atoms with van der Waals surface area (Å²) in [6.45, 7) is 5.46. The molecule has 1 aliphatic rings. The van der Waals surface area contributed by atoms with Gasteiger partial charge in [0.25, 0.3) is 5.91 Å². The number of hydrogen-bond donors (Lipinski definition) is 1. The lowest BCUT2D eigenvalue weighted by molar-refractivity contribution is -0.127. The summed E-state index contributed by atoms with van der Waals surface area (Å²) in [5.74, 6) is -0.350. The van der Waals surface area contributed by atoms with E-state index in [2.05, 4.69) is 15.6 Å². The highest BCUT2D eigenvalue weighted by molar-refractivity contribution is 5.96. The van der Waals surface area contributed by atoms with Crippen molar-refractivity contribution in [2.45, 2.75) is 32.9 Å². The van der Waals surface area contributed by atoms with Gasteiger partial charge in [-0.25, -0.2) is 4.68 Å². The summed E-state index contributed by atoms with van der Waals surface area (Å²) in [5, 5.41) is 10.8. The Morgan fingerprint density at radius 3 is 2.92 bits per heavy atom. The van der Waals surface area contributed by atoms with Crippen LogP contribution in [0.4, 0.5) is 0 Å². The lowest BCUT2D eigenvalue weighted by Crippen LogP contribution is -2.57. The highest BCUT2D eigenvalue weighted by Gasteiger charge is 2.33. The van der Waals surface area contributed by atoms with E-state index in [0.717, 1.165) is 5.56 Å². The van der Waals surface area contributed by atoms with Crippen molar-refractivity contribution in [3.05, 3.63) is 47.3 Å². The van der Waals surface area contributed by atoms with Crippen LogP contribution in [-0.4, -0.2) is 50.8 Å². The maximum atomic E-state index is 12.7. The first kappa shape index (κ1) is 16.2. The fraction of sp³-hybridized carbons (Fsp3) is 0.412. The normalized spacial score (nSPS) is 17.7. The predicted molar refractivity (Wildman–Crippen MR) is 88.4 cm³/mol. The average molecular weight is 327 g/mol. The molecule has 0 radical (unpaired) electrons. The van der Waals surface area contributed by atoms with Gasteiger partial charge in [0.15, 0.2) is 5.69 Å². The Bertz CT molecular complexity index is 755. The number of piperazine rings is 1. The largest absolute Gasteiger partial charge is 0.353 e. The lowest BCUT2D eigenvalue weighted by atomic mass is 10.1. The van der Waals surface area contributed by atoms with Crippen molar-refractivity contribution in [1.29, 1.82) is 0 Å². The van der Waals surface area contributed by atoms with Gasteiger partial charge < -0.3 is 10.2 Å². The second-order valence-electron chi connectivity index (χ2n) is 5.94. The molecule has 126 valence electrons. The number of benzene rings is 1. The van der Waals surface area contributed by atoms with E-state index in [9.17, 15) is 9.59 Å². The van der Waals surface area contributed by atoms with E-state index in [4.69, 9.17) is 0 Å². The molecule has 0 saturated carbocycles. The maximum absolute atomic E-state index is 12.7. The number of nitrogens with one attached hydrogen (secondary N) is 1. The van der Waals surface area contributed by atoms with Gasteiger partial charge in [0.1, 0.15) is 6.04 Å². The van der Waals surface area contributed by atoms with Crippen LogP contribution in [0, 0.1) is 6.92 Å². The van der Waals surface area contributed by atoms with Crippen molar-refractivity contribution in [2.24, 2.45) is 0 Å². The Balaban J connectivity index is 1.76. The highest BCUT2D eigenvalue weighted by atomic mass is 16.2. The van der Waals surface area contributed by atoms with Crippen LogP contribution in [0.2, 0.25) is 0 Å². The van der Waals surface area contributed by atoms with E-state index in [0.29, 0.717) is 26.1 Å². The molecule has 0 unspecified atom stereocenters. The molecule has 7 heteroatoms. The second-order valence-corrected chi connectivity index (χ2v) is 5.94. The van der Waals surface area contributed by atoms with Crippen LogP contribution < -0.4 is 5.32 Å². The molecule has 1 aromatic heterocycles. The van der Waals surface area contributed by atoms with Crippen molar-refractivity contribution in [2.75, 3.05) is 13.1 Å². The number of amides is 2. The molecule has 2 aromatic rings. The summed E-state index contributed by atoms with van der Waals surface area (Å²) >= 11 is 0. The Labute approximate surface area is 140 Å². The number of rotatable bonds is 4. The molecular formula is C17H21N5O2. The zero-order valence-corrected chi connectivity index (χ0v) is 13.9. The molecule has 1 atom stereocenters. The van der Waals surface area contributed by atoms with Gasteiger partial charge in [-0.1, -0.05) is 36.4 Å². The summed E-state index contributed by atoms with van der Waals surface area (Å²) in [5.41, 5.74) is 2.57. The van der Waals surface area contributed by atoms with E-state index in [-0.39, 0.29) is 17.5 Å². The van der Waals surface area contributed by atoms with Gasteiger partial charge >= 0.3 is 0 Å². The predicted octanol–water partition coefficient (Wildman–Crippen LogP) is 0.985. The first-order valence-corrected chi connectivity index (χ1v) is 8.13. The molecule has 1 N–H and O–H groups in total. The molecule has 24 heavy (non-hydrogen) atoms. The molecule has 1 saturated heterocycles. The average Bonchev–Trinajstić information content (AvgIpc) is 3.04. The van der Waals surface area contributed by atoms with Crippen LogP contribution in [-0.2, 0) is 11.3 Å². The first-order chi connectivity index (χ1) is 11.6. The van der Waals surface area contributed by atoms with Crippen molar-refractivity contribution in [3.8, 4) is 0 Å². The van der Waals surface area contributed by atoms with Crippen LogP contribution in [0.15, 0.2) is 30.5 Å². The smallest absolute Gasteiger partial charge is 0.276 e. The van der Waals surface area contributed by atoms with Gasteiger partial charge in [0.05, 0.1) is 12.7 Å². The molecule has 1 aromatic carbocycles. The third-order valence-electron chi connectivity index (χ3n) is 4.33. The van der Waals surface area contributed by atoms with Crippen LogP contribution in [0.25, 0.3) is 0 Å². The van der Waals surface area contributed by atoms with Gasteiger partial charge in [-0.15, -0.1) is 5.10 Å².